The molecule has 0 saturated carbocycles. The molecule has 0 bridgehead atoms. The molecule has 0 spiro atoms. The molecule has 6 heteroatoms. The number of rotatable bonds is 4. The summed E-state index contributed by atoms with van der Waals surface area (Å²) in [5.74, 6) is -0.864. The minimum Gasteiger partial charge on any atom is -0.298 e. The number of benzene rings is 1. The minimum atomic E-state index is -0.707. The molecule has 0 saturated heterocycles. The Bertz CT molecular complexity index is 408. The maximum absolute atomic E-state index is 12.9. The van der Waals surface area contributed by atoms with Gasteiger partial charge in [0.1, 0.15) is 11.6 Å². The van der Waals surface area contributed by atoms with E-state index in [-0.39, 0.29) is 23.2 Å². The molecule has 0 aliphatic heterocycles. The Morgan fingerprint density at radius 3 is 2.67 bits per heavy atom. The number of nitrogens with zero attached hydrogens (tertiary/aromatic N) is 1. The summed E-state index contributed by atoms with van der Waals surface area (Å²) in [5.41, 5.74) is -0.0291. The summed E-state index contributed by atoms with van der Waals surface area (Å²) in [6.45, 7) is 0. The van der Waals surface area contributed by atoms with E-state index in [1.807, 2.05) is 0 Å². The number of ketones is 1. The summed E-state index contributed by atoms with van der Waals surface area (Å²) in [4.78, 5) is 20.8. The highest BCUT2D eigenvalue weighted by Crippen LogP contribution is 2.16. The standard InChI is InChI=1S/C9H7BrFNO3/c10-5-9(13)3-6-1-7(11)4-8(2-6)12(14)15/h1-2,4H,3,5H2. The lowest BCUT2D eigenvalue weighted by molar-refractivity contribution is -0.385. The Kier molecular flexibility index (Phi) is 3.90. The van der Waals surface area contributed by atoms with E-state index < -0.39 is 10.7 Å². The monoisotopic (exact) mass is 275 g/mol. The van der Waals surface area contributed by atoms with Gasteiger partial charge in [0, 0.05) is 12.5 Å². The maximum atomic E-state index is 12.9. The molecule has 0 radical (unpaired) electrons. The number of hydrogen-bond acceptors (Lipinski definition) is 3. The van der Waals surface area contributed by atoms with E-state index >= 15 is 0 Å². The highest BCUT2D eigenvalue weighted by atomic mass is 79.9. The largest absolute Gasteiger partial charge is 0.298 e. The van der Waals surface area contributed by atoms with Crippen molar-refractivity contribution in [3.8, 4) is 0 Å². The number of halogens is 2. The quantitative estimate of drug-likeness (QED) is 0.481. The second-order valence-electron chi connectivity index (χ2n) is 2.92. The molecule has 0 aromatic heterocycles. The van der Waals surface area contributed by atoms with Gasteiger partial charge >= 0.3 is 0 Å². The van der Waals surface area contributed by atoms with E-state index in [0.717, 1.165) is 12.1 Å². The molecule has 0 aliphatic carbocycles. The molecule has 1 rings (SSSR count). The first-order valence-electron chi connectivity index (χ1n) is 4.04. The van der Waals surface area contributed by atoms with Crippen molar-refractivity contribution >= 4 is 27.4 Å². The van der Waals surface area contributed by atoms with Crippen LogP contribution in [0.1, 0.15) is 5.56 Å². The second-order valence-corrected chi connectivity index (χ2v) is 3.48. The van der Waals surface area contributed by atoms with Crippen molar-refractivity contribution in [2.45, 2.75) is 6.42 Å². The van der Waals surface area contributed by atoms with Crippen LogP contribution < -0.4 is 0 Å². The zero-order valence-electron chi connectivity index (χ0n) is 7.57. The lowest BCUT2D eigenvalue weighted by Crippen LogP contribution is -2.04. The van der Waals surface area contributed by atoms with Crippen molar-refractivity contribution in [2.24, 2.45) is 0 Å². The van der Waals surface area contributed by atoms with Crippen molar-refractivity contribution < 1.29 is 14.1 Å². The molecule has 0 amide bonds. The molecule has 0 N–H and O–H groups in total. The van der Waals surface area contributed by atoms with Gasteiger partial charge in [0.25, 0.3) is 5.69 Å². The fourth-order valence-corrected chi connectivity index (χ4v) is 1.31. The van der Waals surface area contributed by atoms with E-state index in [9.17, 15) is 19.3 Å². The topological polar surface area (TPSA) is 60.2 Å². The molecule has 15 heavy (non-hydrogen) atoms. The third-order valence-electron chi connectivity index (χ3n) is 1.70. The number of carbonyl (C=O) groups is 1. The molecule has 80 valence electrons. The molecule has 0 aliphatic rings. The van der Waals surface area contributed by atoms with Gasteiger partial charge in [-0.05, 0) is 11.6 Å². The molecule has 1 aromatic carbocycles. The lowest BCUT2D eigenvalue weighted by atomic mass is 10.1. The van der Waals surface area contributed by atoms with Crippen molar-refractivity contribution in [1.29, 1.82) is 0 Å². The van der Waals surface area contributed by atoms with Crippen LogP contribution in [0.2, 0.25) is 0 Å². The van der Waals surface area contributed by atoms with Crippen LogP contribution in [0.4, 0.5) is 10.1 Å². The lowest BCUT2D eigenvalue weighted by Gasteiger charge is -1.99. The van der Waals surface area contributed by atoms with E-state index in [1.54, 1.807) is 0 Å². The van der Waals surface area contributed by atoms with Gasteiger partial charge in [0.15, 0.2) is 0 Å². The predicted octanol–water partition coefficient (Wildman–Crippen LogP) is 2.24. The molecular weight excluding hydrogens is 269 g/mol. The normalized spacial score (nSPS) is 10.0. The average Bonchev–Trinajstić information content (AvgIpc) is 2.16. The summed E-state index contributed by atoms with van der Waals surface area (Å²) in [6, 6.07) is 3.14. The third kappa shape index (κ3) is 3.39. The highest BCUT2D eigenvalue weighted by molar-refractivity contribution is 9.09. The summed E-state index contributed by atoms with van der Waals surface area (Å²) in [7, 11) is 0. The molecule has 0 heterocycles. The zero-order valence-corrected chi connectivity index (χ0v) is 9.16. The first-order chi connectivity index (χ1) is 7.02. The van der Waals surface area contributed by atoms with Crippen LogP contribution in [0.15, 0.2) is 18.2 Å². The Labute approximate surface area is 93.4 Å². The molecule has 0 unspecified atom stereocenters. The highest BCUT2D eigenvalue weighted by Gasteiger charge is 2.11. The average molecular weight is 276 g/mol. The van der Waals surface area contributed by atoms with E-state index in [2.05, 4.69) is 15.9 Å². The fourth-order valence-electron chi connectivity index (χ4n) is 1.12. The van der Waals surface area contributed by atoms with Crippen molar-refractivity contribution in [3.63, 3.8) is 0 Å². The van der Waals surface area contributed by atoms with Gasteiger partial charge < -0.3 is 0 Å². The minimum absolute atomic E-state index is 0.0101. The van der Waals surface area contributed by atoms with Gasteiger partial charge in [-0.25, -0.2) is 4.39 Å². The number of non-ortho nitro benzene ring substituents is 1. The van der Waals surface area contributed by atoms with Crippen molar-refractivity contribution in [1.82, 2.24) is 0 Å². The first-order valence-corrected chi connectivity index (χ1v) is 5.16. The van der Waals surface area contributed by atoms with Crippen LogP contribution in [0.25, 0.3) is 0 Å². The fraction of sp³-hybridized carbons (Fsp3) is 0.222. The number of nitro groups is 1. The van der Waals surface area contributed by atoms with Gasteiger partial charge in [-0.15, -0.1) is 0 Å². The van der Waals surface area contributed by atoms with Crippen LogP contribution >= 0.6 is 15.9 Å². The smallest absolute Gasteiger partial charge is 0.272 e. The van der Waals surface area contributed by atoms with E-state index in [1.165, 1.54) is 6.07 Å². The molecular formula is C9H7BrFNO3. The van der Waals surface area contributed by atoms with Crippen molar-refractivity contribution in [3.05, 3.63) is 39.7 Å². The van der Waals surface area contributed by atoms with Crippen LogP contribution in [0.5, 0.6) is 0 Å². The van der Waals surface area contributed by atoms with Crippen LogP contribution in [-0.2, 0) is 11.2 Å². The zero-order chi connectivity index (χ0) is 11.4. The Morgan fingerprint density at radius 1 is 1.47 bits per heavy atom. The number of Topliss-reactive ketones (excluding diaryl/α,β-unsaturated/α-hetero) is 1. The summed E-state index contributed by atoms with van der Waals surface area (Å²) in [6.07, 6.45) is -0.0101. The third-order valence-corrected chi connectivity index (χ3v) is 2.33. The van der Waals surface area contributed by atoms with Gasteiger partial charge in [-0.1, -0.05) is 15.9 Å². The number of hydrogen-bond donors (Lipinski definition) is 0. The Hall–Kier alpha value is -1.30. The number of nitro benzene ring substituents is 1. The van der Waals surface area contributed by atoms with Crippen molar-refractivity contribution in [2.75, 3.05) is 5.33 Å². The number of alkyl halides is 1. The van der Waals surface area contributed by atoms with Gasteiger partial charge in [0.05, 0.1) is 16.3 Å². The molecule has 0 fully saturated rings. The number of carbonyl (C=O) groups excluding carboxylic acids is 1. The summed E-state index contributed by atoms with van der Waals surface area (Å²) < 4.78 is 12.9. The van der Waals surface area contributed by atoms with E-state index in [0.29, 0.717) is 5.56 Å². The predicted molar refractivity (Wildman–Crippen MR) is 55.6 cm³/mol. The van der Waals surface area contributed by atoms with Crippen LogP contribution in [0.3, 0.4) is 0 Å². The summed E-state index contributed by atoms with van der Waals surface area (Å²) >= 11 is 2.96. The van der Waals surface area contributed by atoms with Crippen LogP contribution in [-0.4, -0.2) is 16.0 Å². The maximum Gasteiger partial charge on any atom is 0.272 e. The molecule has 0 atom stereocenters. The SMILES string of the molecule is O=C(CBr)Cc1cc(F)cc([N+](=O)[O-])c1. The van der Waals surface area contributed by atoms with E-state index in [4.69, 9.17) is 0 Å². The molecule has 4 nitrogen and oxygen atoms in total. The second kappa shape index (κ2) is 4.97. The van der Waals surface area contributed by atoms with Crippen LogP contribution in [0, 0.1) is 15.9 Å². The molecule has 1 aromatic rings. The van der Waals surface area contributed by atoms with Gasteiger partial charge in [0.2, 0.25) is 0 Å². The van der Waals surface area contributed by atoms with Gasteiger partial charge in [-0.2, -0.15) is 0 Å². The van der Waals surface area contributed by atoms with Gasteiger partial charge in [-0.3, -0.25) is 14.9 Å². The Balaban J connectivity index is 2.98. The first kappa shape index (κ1) is 11.8. The Morgan fingerprint density at radius 2 is 2.13 bits per heavy atom. The summed E-state index contributed by atoms with van der Waals surface area (Å²) in [5, 5.41) is 10.6.